The van der Waals surface area contributed by atoms with Crippen molar-refractivity contribution in [1.29, 1.82) is 0 Å². The summed E-state index contributed by atoms with van der Waals surface area (Å²) in [6.45, 7) is 5.68. The highest BCUT2D eigenvalue weighted by molar-refractivity contribution is 7.09. The van der Waals surface area contributed by atoms with Crippen molar-refractivity contribution in [2.45, 2.75) is 45.1 Å². The quantitative estimate of drug-likeness (QED) is 0.827. The van der Waals surface area contributed by atoms with Crippen molar-refractivity contribution in [2.75, 3.05) is 13.1 Å². The maximum Gasteiger partial charge on any atom is 0.226 e. The molecule has 0 bridgehead atoms. The van der Waals surface area contributed by atoms with Crippen molar-refractivity contribution >= 4 is 17.2 Å². The molecule has 4 nitrogen and oxygen atoms in total. The van der Waals surface area contributed by atoms with Gasteiger partial charge in [0.15, 0.2) is 0 Å². The molecule has 0 N–H and O–H groups in total. The van der Waals surface area contributed by atoms with Gasteiger partial charge in [0.05, 0.1) is 17.5 Å². The summed E-state index contributed by atoms with van der Waals surface area (Å²) in [5.41, 5.74) is 1.04. The Balaban J connectivity index is 1.50. The van der Waals surface area contributed by atoms with Crippen LogP contribution in [0.15, 0.2) is 35.8 Å². The number of carbonyl (C=O) groups is 1. The second kappa shape index (κ2) is 7.79. The Morgan fingerprint density at radius 1 is 1.29 bits per heavy atom. The molecule has 0 radical (unpaired) electrons. The molecule has 0 aliphatic carbocycles. The molecule has 3 rings (SSSR count). The van der Waals surface area contributed by atoms with Gasteiger partial charge in [0.2, 0.25) is 5.91 Å². The van der Waals surface area contributed by atoms with E-state index in [4.69, 9.17) is 4.74 Å². The smallest absolute Gasteiger partial charge is 0.226 e. The van der Waals surface area contributed by atoms with Crippen molar-refractivity contribution in [3.63, 3.8) is 0 Å². The fourth-order valence-corrected chi connectivity index (χ4v) is 3.87. The fraction of sp³-hybridized carbons (Fsp3) is 0.474. The first-order valence-electron chi connectivity index (χ1n) is 8.54. The summed E-state index contributed by atoms with van der Waals surface area (Å²) in [7, 11) is 0. The molecule has 5 heteroatoms. The number of carbonyl (C=O) groups excluding carboxylic acids is 1. The monoisotopic (exact) mass is 344 g/mol. The SMILES string of the molecule is CC(C)Oc1ccc(CC(=O)N2CCC(c3nccs3)CC2)cc1. The highest BCUT2D eigenvalue weighted by Gasteiger charge is 2.25. The molecule has 0 saturated carbocycles. The number of likely N-dealkylation sites (tertiary alicyclic amines) is 1. The van der Waals surface area contributed by atoms with Crippen molar-refractivity contribution in [3.8, 4) is 5.75 Å². The molecule has 1 saturated heterocycles. The third-order valence-electron chi connectivity index (χ3n) is 4.30. The van der Waals surface area contributed by atoms with E-state index in [0.29, 0.717) is 12.3 Å². The number of benzene rings is 1. The second-order valence-electron chi connectivity index (χ2n) is 6.51. The van der Waals surface area contributed by atoms with E-state index in [9.17, 15) is 4.79 Å². The van der Waals surface area contributed by atoms with Crippen LogP contribution in [0.5, 0.6) is 5.75 Å². The summed E-state index contributed by atoms with van der Waals surface area (Å²) in [5.74, 6) is 1.58. The third kappa shape index (κ3) is 4.35. The van der Waals surface area contributed by atoms with Crippen LogP contribution in [-0.2, 0) is 11.2 Å². The first-order valence-corrected chi connectivity index (χ1v) is 9.42. The van der Waals surface area contributed by atoms with Gasteiger partial charge in [-0.2, -0.15) is 0 Å². The van der Waals surface area contributed by atoms with Gasteiger partial charge in [0.1, 0.15) is 5.75 Å². The van der Waals surface area contributed by atoms with Crippen LogP contribution in [0.1, 0.15) is 43.2 Å². The van der Waals surface area contributed by atoms with Crippen molar-refractivity contribution in [3.05, 3.63) is 46.4 Å². The Bertz CT molecular complexity index is 645. The summed E-state index contributed by atoms with van der Waals surface area (Å²) in [4.78, 5) is 18.9. The maximum absolute atomic E-state index is 12.5. The van der Waals surface area contributed by atoms with Gasteiger partial charge in [-0.05, 0) is 44.4 Å². The Labute approximate surface area is 147 Å². The van der Waals surface area contributed by atoms with Crippen LogP contribution >= 0.6 is 11.3 Å². The van der Waals surface area contributed by atoms with Crippen LogP contribution in [0, 0.1) is 0 Å². The van der Waals surface area contributed by atoms with Gasteiger partial charge < -0.3 is 9.64 Å². The zero-order chi connectivity index (χ0) is 16.9. The lowest BCUT2D eigenvalue weighted by Crippen LogP contribution is -2.38. The largest absolute Gasteiger partial charge is 0.491 e. The van der Waals surface area contributed by atoms with Crippen LogP contribution in [0.3, 0.4) is 0 Å². The van der Waals surface area contributed by atoms with E-state index in [-0.39, 0.29) is 12.0 Å². The van der Waals surface area contributed by atoms with E-state index in [1.54, 1.807) is 11.3 Å². The maximum atomic E-state index is 12.5. The summed E-state index contributed by atoms with van der Waals surface area (Å²) in [6, 6.07) is 7.85. The molecule has 128 valence electrons. The summed E-state index contributed by atoms with van der Waals surface area (Å²) in [6.07, 6.45) is 4.52. The number of piperidine rings is 1. The number of hydrogen-bond donors (Lipinski definition) is 0. The molecule has 1 aliphatic rings. The number of nitrogens with zero attached hydrogens (tertiary/aromatic N) is 2. The van der Waals surface area contributed by atoms with Crippen LogP contribution in [-0.4, -0.2) is 35.0 Å². The molecule has 1 aromatic heterocycles. The first-order chi connectivity index (χ1) is 11.6. The average molecular weight is 344 g/mol. The minimum absolute atomic E-state index is 0.164. The van der Waals surface area contributed by atoms with Gasteiger partial charge in [0.25, 0.3) is 0 Å². The van der Waals surface area contributed by atoms with Gasteiger partial charge in [-0.25, -0.2) is 4.98 Å². The van der Waals surface area contributed by atoms with E-state index >= 15 is 0 Å². The topological polar surface area (TPSA) is 42.4 Å². The lowest BCUT2D eigenvalue weighted by Gasteiger charge is -2.31. The molecule has 1 amide bonds. The van der Waals surface area contributed by atoms with E-state index in [1.807, 2.05) is 54.6 Å². The number of amides is 1. The molecule has 0 spiro atoms. The standard InChI is InChI=1S/C19H24N2O2S/c1-14(2)23-17-5-3-15(4-6-17)13-18(22)21-10-7-16(8-11-21)19-20-9-12-24-19/h3-6,9,12,14,16H,7-8,10-11,13H2,1-2H3. The molecule has 2 heterocycles. The van der Waals surface area contributed by atoms with E-state index in [1.165, 1.54) is 5.01 Å². The molecular weight excluding hydrogens is 320 g/mol. The van der Waals surface area contributed by atoms with Crippen molar-refractivity contribution in [1.82, 2.24) is 9.88 Å². The predicted molar refractivity (Wildman–Crippen MR) is 96.6 cm³/mol. The highest BCUT2D eigenvalue weighted by Crippen LogP contribution is 2.29. The van der Waals surface area contributed by atoms with Gasteiger partial charge >= 0.3 is 0 Å². The van der Waals surface area contributed by atoms with Crippen molar-refractivity contribution < 1.29 is 9.53 Å². The Hall–Kier alpha value is -1.88. The Morgan fingerprint density at radius 2 is 2.00 bits per heavy atom. The average Bonchev–Trinajstić information content (AvgIpc) is 3.11. The number of thiazole rings is 1. The zero-order valence-electron chi connectivity index (χ0n) is 14.3. The van der Waals surface area contributed by atoms with Gasteiger partial charge in [0, 0.05) is 30.6 Å². The number of hydrogen-bond acceptors (Lipinski definition) is 4. The van der Waals surface area contributed by atoms with Crippen molar-refractivity contribution in [2.24, 2.45) is 0 Å². The van der Waals surface area contributed by atoms with E-state index in [0.717, 1.165) is 37.2 Å². The lowest BCUT2D eigenvalue weighted by atomic mass is 9.97. The Morgan fingerprint density at radius 3 is 2.58 bits per heavy atom. The molecule has 0 unspecified atom stereocenters. The minimum atomic E-state index is 0.164. The molecule has 1 aromatic carbocycles. The summed E-state index contributed by atoms with van der Waals surface area (Å²) < 4.78 is 5.64. The molecule has 2 aromatic rings. The number of aromatic nitrogens is 1. The predicted octanol–water partition coefficient (Wildman–Crippen LogP) is 3.88. The molecule has 1 fully saturated rings. The van der Waals surface area contributed by atoms with Gasteiger partial charge in [-0.15, -0.1) is 11.3 Å². The second-order valence-corrected chi connectivity index (χ2v) is 7.44. The molecule has 24 heavy (non-hydrogen) atoms. The number of rotatable bonds is 5. The molecule has 1 aliphatic heterocycles. The first kappa shape index (κ1) is 17.0. The summed E-state index contributed by atoms with van der Waals surface area (Å²) in [5, 5.41) is 3.24. The molecular formula is C19H24N2O2S. The fourth-order valence-electron chi connectivity index (χ4n) is 3.06. The van der Waals surface area contributed by atoms with E-state index in [2.05, 4.69) is 4.98 Å². The zero-order valence-corrected chi connectivity index (χ0v) is 15.1. The summed E-state index contributed by atoms with van der Waals surface area (Å²) >= 11 is 1.72. The highest BCUT2D eigenvalue weighted by atomic mass is 32.1. The van der Waals surface area contributed by atoms with Crippen LogP contribution in [0.2, 0.25) is 0 Å². The van der Waals surface area contributed by atoms with Crippen LogP contribution < -0.4 is 4.74 Å². The van der Waals surface area contributed by atoms with Crippen LogP contribution in [0.25, 0.3) is 0 Å². The third-order valence-corrected chi connectivity index (χ3v) is 5.24. The van der Waals surface area contributed by atoms with Gasteiger partial charge in [-0.3, -0.25) is 4.79 Å². The minimum Gasteiger partial charge on any atom is -0.491 e. The van der Waals surface area contributed by atoms with Crippen LogP contribution in [0.4, 0.5) is 0 Å². The lowest BCUT2D eigenvalue weighted by molar-refractivity contribution is -0.131. The van der Waals surface area contributed by atoms with Gasteiger partial charge in [-0.1, -0.05) is 12.1 Å². The van der Waals surface area contributed by atoms with E-state index < -0.39 is 0 Å². The number of ether oxygens (including phenoxy) is 1. The Kier molecular flexibility index (Phi) is 5.51. The molecule has 0 atom stereocenters. The normalized spacial score (nSPS) is 15.7.